The van der Waals surface area contributed by atoms with Crippen LogP contribution in [0.4, 0.5) is 17.6 Å². The molecule has 0 heterocycles. The molecule has 1 aliphatic rings. The fourth-order valence-corrected chi connectivity index (χ4v) is 4.54. The molecule has 0 radical (unpaired) electrons. The van der Waals surface area contributed by atoms with E-state index in [1.807, 2.05) is 0 Å². The molecule has 0 spiro atoms. The van der Waals surface area contributed by atoms with E-state index in [0.717, 1.165) is 0 Å². The summed E-state index contributed by atoms with van der Waals surface area (Å²) >= 11 is 1.60. The van der Waals surface area contributed by atoms with Crippen molar-refractivity contribution in [1.82, 2.24) is 0 Å². The van der Waals surface area contributed by atoms with Gasteiger partial charge in [-0.15, -0.1) is 0 Å². The summed E-state index contributed by atoms with van der Waals surface area (Å²) in [4.78, 5) is -4.51. The lowest BCUT2D eigenvalue weighted by Gasteiger charge is -2.26. The van der Waals surface area contributed by atoms with E-state index >= 15 is 0 Å². The van der Waals surface area contributed by atoms with Crippen molar-refractivity contribution < 1.29 is 31.2 Å². The molecular formula is C10H13BrF4NO3P. The third-order valence-corrected chi connectivity index (χ3v) is 6.32. The average Bonchev–Trinajstić information content (AvgIpc) is 3.05. The van der Waals surface area contributed by atoms with Crippen molar-refractivity contribution in [2.45, 2.75) is 36.2 Å². The molecule has 4 nitrogen and oxygen atoms in total. The highest BCUT2D eigenvalue weighted by molar-refractivity contribution is 9.10. The Kier molecular flexibility index (Phi) is 4.97. The molecule has 20 heavy (non-hydrogen) atoms. The highest BCUT2D eigenvalue weighted by atomic mass is 79.9. The number of halogens is 5. The Morgan fingerprint density at radius 3 is 2.10 bits per heavy atom. The first-order valence-corrected chi connectivity index (χ1v) is 8.11. The van der Waals surface area contributed by atoms with Crippen LogP contribution in [0, 0.1) is 17.2 Å². The molecule has 0 bridgehead atoms. The number of hydrogen-bond acceptors (Lipinski definition) is 4. The third kappa shape index (κ3) is 2.63. The smallest absolute Gasteiger partial charge is 0.308 e. The van der Waals surface area contributed by atoms with Crippen LogP contribution in [0.1, 0.15) is 20.3 Å². The Bertz CT molecular complexity index is 454. The average molecular weight is 382 g/mol. The zero-order valence-electron chi connectivity index (χ0n) is 10.7. The van der Waals surface area contributed by atoms with Crippen LogP contribution in [-0.4, -0.2) is 29.1 Å². The van der Waals surface area contributed by atoms with Crippen LogP contribution in [0.15, 0.2) is 0 Å². The van der Waals surface area contributed by atoms with E-state index in [0.29, 0.717) is 0 Å². The first-order chi connectivity index (χ1) is 9.02. The highest BCUT2D eigenvalue weighted by Gasteiger charge is 2.81. The summed E-state index contributed by atoms with van der Waals surface area (Å²) in [5.41, 5.74) is 0. The minimum Gasteiger partial charge on any atom is -0.308 e. The quantitative estimate of drug-likeness (QED) is 0.377. The maximum absolute atomic E-state index is 13.6. The van der Waals surface area contributed by atoms with Gasteiger partial charge in [0, 0.05) is 0 Å². The molecule has 0 aromatic rings. The monoisotopic (exact) mass is 381 g/mol. The molecule has 1 unspecified atom stereocenters. The molecule has 0 N–H and O–H groups in total. The molecule has 1 rings (SSSR count). The lowest BCUT2D eigenvalue weighted by Crippen LogP contribution is -2.40. The molecule has 1 saturated carbocycles. The van der Waals surface area contributed by atoms with Crippen LogP contribution in [-0.2, 0) is 13.6 Å². The zero-order chi connectivity index (χ0) is 15.8. The molecule has 1 aliphatic carbocycles. The van der Waals surface area contributed by atoms with Crippen LogP contribution in [0.2, 0.25) is 0 Å². The normalized spacial score (nSPS) is 27.2. The summed E-state index contributed by atoms with van der Waals surface area (Å²) in [6, 6.07) is 1.44. The van der Waals surface area contributed by atoms with Crippen LogP contribution in [0.5, 0.6) is 0 Å². The van der Waals surface area contributed by atoms with Crippen molar-refractivity contribution in [2.24, 2.45) is 5.92 Å². The predicted octanol–water partition coefficient (Wildman–Crippen LogP) is 4.16. The van der Waals surface area contributed by atoms with Gasteiger partial charge in [0.15, 0.2) is 5.16 Å². The first kappa shape index (κ1) is 17.9. The Balaban J connectivity index is 3.16. The summed E-state index contributed by atoms with van der Waals surface area (Å²) in [7, 11) is -4.23. The second-order valence-electron chi connectivity index (χ2n) is 4.25. The number of hydrogen-bond donors (Lipinski definition) is 0. The number of nitriles is 1. The summed E-state index contributed by atoms with van der Waals surface area (Å²) in [6.45, 7) is 2.57. The van der Waals surface area contributed by atoms with Gasteiger partial charge in [0.1, 0.15) is 0 Å². The minimum absolute atomic E-state index is 0.149. The standard InChI is InChI=1S/C10H13BrF4NO3P/c1-3-18-20(17,19-4-2)8(6-16)5-7(8)9(12,13)10(11,14)15/h7H,3-5H2,1-2H3/t7?,8-/m0/s1. The van der Waals surface area contributed by atoms with Gasteiger partial charge >= 0.3 is 18.4 Å². The van der Waals surface area contributed by atoms with Crippen molar-refractivity contribution in [3.05, 3.63) is 0 Å². The second-order valence-corrected chi connectivity index (χ2v) is 7.55. The molecule has 0 aliphatic heterocycles. The van der Waals surface area contributed by atoms with E-state index in [4.69, 9.17) is 14.3 Å². The van der Waals surface area contributed by atoms with Crippen molar-refractivity contribution >= 4 is 23.5 Å². The number of rotatable bonds is 7. The largest absolute Gasteiger partial charge is 0.363 e. The summed E-state index contributed by atoms with van der Waals surface area (Å²) in [5, 5.41) is 6.83. The fraction of sp³-hybridized carbons (Fsp3) is 0.900. The van der Waals surface area contributed by atoms with Gasteiger partial charge in [0.2, 0.25) is 0 Å². The maximum Gasteiger partial charge on any atom is 0.363 e. The SMILES string of the molecule is CCOP(=O)(OCC)[C@]1(C#N)CC1C(F)(F)C(F)(F)Br. The summed E-state index contributed by atoms with van der Waals surface area (Å²) in [5.74, 6) is -6.63. The van der Waals surface area contributed by atoms with E-state index in [9.17, 15) is 22.1 Å². The topological polar surface area (TPSA) is 59.3 Å². The molecule has 0 amide bonds. The van der Waals surface area contributed by atoms with Gasteiger partial charge in [-0.3, -0.25) is 4.57 Å². The van der Waals surface area contributed by atoms with Gasteiger partial charge in [-0.2, -0.15) is 22.8 Å². The molecule has 116 valence electrons. The number of alkyl halides is 5. The van der Waals surface area contributed by atoms with E-state index in [1.165, 1.54) is 19.9 Å². The van der Waals surface area contributed by atoms with Gasteiger partial charge in [0.25, 0.3) is 0 Å². The molecule has 0 aromatic carbocycles. The van der Waals surface area contributed by atoms with E-state index < -0.39 is 35.8 Å². The predicted molar refractivity (Wildman–Crippen MR) is 66.1 cm³/mol. The van der Waals surface area contributed by atoms with Crippen LogP contribution < -0.4 is 0 Å². The molecule has 2 atom stereocenters. The fourth-order valence-electron chi connectivity index (χ4n) is 1.97. The van der Waals surface area contributed by atoms with Gasteiger partial charge in [-0.05, 0) is 36.2 Å². The summed E-state index contributed by atoms with van der Waals surface area (Å²) in [6.07, 6.45) is -0.672. The minimum atomic E-state index is -4.54. The van der Waals surface area contributed by atoms with Crippen LogP contribution >= 0.6 is 23.5 Å². The summed E-state index contributed by atoms with van der Waals surface area (Å²) < 4.78 is 75.2. The zero-order valence-corrected chi connectivity index (χ0v) is 13.2. The van der Waals surface area contributed by atoms with Crippen molar-refractivity contribution in [3.8, 4) is 6.07 Å². The van der Waals surface area contributed by atoms with Crippen molar-refractivity contribution in [1.29, 1.82) is 5.26 Å². The maximum atomic E-state index is 13.6. The van der Waals surface area contributed by atoms with Crippen molar-refractivity contribution in [3.63, 3.8) is 0 Å². The molecule has 0 aromatic heterocycles. The Labute approximate surface area is 122 Å². The highest BCUT2D eigenvalue weighted by Crippen LogP contribution is 2.77. The lowest BCUT2D eigenvalue weighted by molar-refractivity contribution is -0.162. The lowest BCUT2D eigenvalue weighted by atomic mass is 10.2. The van der Waals surface area contributed by atoms with E-state index in [1.54, 1.807) is 15.9 Å². The second kappa shape index (κ2) is 5.56. The van der Waals surface area contributed by atoms with Crippen molar-refractivity contribution in [2.75, 3.05) is 13.2 Å². The Morgan fingerprint density at radius 2 is 1.80 bits per heavy atom. The van der Waals surface area contributed by atoms with Crippen LogP contribution in [0.3, 0.4) is 0 Å². The molecule has 1 fully saturated rings. The van der Waals surface area contributed by atoms with Gasteiger partial charge in [-0.25, -0.2) is 0 Å². The number of nitrogens with zero attached hydrogens (tertiary/aromatic N) is 1. The van der Waals surface area contributed by atoms with E-state index in [-0.39, 0.29) is 13.2 Å². The van der Waals surface area contributed by atoms with Gasteiger partial charge in [0.05, 0.1) is 25.2 Å². The van der Waals surface area contributed by atoms with Crippen LogP contribution in [0.25, 0.3) is 0 Å². The first-order valence-electron chi connectivity index (χ1n) is 5.77. The van der Waals surface area contributed by atoms with E-state index in [2.05, 4.69) is 0 Å². The molecular weight excluding hydrogens is 369 g/mol. The van der Waals surface area contributed by atoms with Gasteiger partial charge < -0.3 is 9.05 Å². The Hall–Kier alpha value is -0.160. The third-order valence-electron chi connectivity index (χ3n) is 3.03. The molecule has 0 saturated heterocycles. The Morgan fingerprint density at radius 1 is 1.35 bits per heavy atom. The van der Waals surface area contributed by atoms with Gasteiger partial charge in [-0.1, -0.05) is 0 Å². The molecule has 10 heteroatoms.